The zero-order chi connectivity index (χ0) is 24.0. The molecular formula is C13H26IN9O8P2+4. The Morgan fingerprint density at radius 2 is 1.85 bits per heavy atom. The van der Waals surface area contributed by atoms with E-state index in [1.165, 1.54) is 0 Å². The van der Waals surface area contributed by atoms with Gasteiger partial charge in [-0.15, -0.1) is 0 Å². The molecule has 0 unspecified atom stereocenters. The predicted molar refractivity (Wildman–Crippen MR) is 114 cm³/mol. The molecule has 0 radical (unpaired) electrons. The summed E-state index contributed by atoms with van der Waals surface area (Å²) in [6.45, 7) is -0.101. The van der Waals surface area contributed by atoms with Crippen LogP contribution in [0.2, 0.25) is 0 Å². The second kappa shape index (κ2) is 9.30. The van der Waals surface area contributed by atoms with Gasteiger partial charge in [-0.1, -0.05) is 18.5 Å². The van der Waals surface area contributed by atoms with E-state index in [2.05, 4.69) is 62.4 Å². The molecule has 184 valence electrons. The molecular weight excluding hydrogens is 599 g/mol. The van der Waals surface area contributed by atoms with Crippen molar-refractivity contribution in [1.82, 2.24) is 19.5 Å². The minimum atomic E-state index is -4.03. The first-order chi connectivity index (χ1) is 15.7. The molecule has 2 aromatic heterocycles. The molecule has 4 rings (SSSR count). The molecule has 0 saturated heterocycles. The van der Waals surface area contributed by atoms with Crippen molar-refractivity contribution >= 4 is 55.2 Å². The lowest BCUT2D eigenvalue weighted by molar-refractivity contribution is -0.684. The van der Waals surface area contributed by atoms with Crippen LogP contribution in [0.25, 0.3) is 11.2 Å². The van der Waals surface area contributed by atoms with E-state index in [4.69, 9.17) is 9.05 Å². The van der Waals surface area contributed by atoms with Crippen molar-refractivity contribution in [3.8, 4) is 0 Å². The Kier molecular flexibility index (Phi) is 7.12. The predicted octanol–water partition coefficient (Wildman–Crippen LogP) is -2.26. The number of nitrogens with zero attached hydrogens (tertiary/aromatic N) is 4. The van der Waals surface area contributed by atoms with Crippen LogP contribution in [-0.4, -0.2) is 39.3 Å². The van der Waals surface area contributed by atoms with Crippen LogP contribution in [0, 0.1) is 15.2 Å². The molecule has 0 aliphatic heterocycles. The number of imidazole rings is 1. The molecule has 0 bridgehead atoms. The van der Waals surface area contributed by atoms with Gasteiger partial charge in [0, 0.05) is 41.1 Å². The Labute approximate surface area is 200 Å². The van der Waals surface area contributed by atoms with Crippen molar-refractivity contribution in [2.45, 2.75) is 25.0 Å². The van der Waals surface area contributed by atoms with Gasteiger partial charge in [-0.2, -0.15) is 0 Å². The van der Waals surface area contributed by atoms with E-state index in [9.17, 15) is 9.13 Å². The van der Waals surface area contributed by atoms with Gasteiger partial charge in [-0.25, -0.2) is 47.7 Å². The van der Waals surface area contributed by atoms with E-state index in [0.29, 0.717) is 33.7 Å². The van der Waals surface area contributed by atoms with Gasteiger partial charge < -0.3 is 9.88 Å². The number of fused-ring (bicyclic) bond motifs is 2. The summed E-state index contributed by atoms with van der Waals surface area (Å²) in [4.78, 5) is 13.4. The quantitative estimate of drug-likeness (QED) is 0.0767. The maximum atomic E-state index is 12.7. The van der Waals surface area contributed by atoms with Crippen molar-refractivity contribution in [2.75, 3.05) is 19.0 Å². The van der Waals surface area contributed by atoms with E-state index in [1.807, 2.05) is 27.2 Å². The molecule has 0 aromatic carbocycles. The largest absolute Gasteiger partial charge is 0.567 e. The number of rotatable bonds is 11. The topological polar surface area (TPSA) is 256 Å². The zero-order valence-electron chi connectivity index (χ0n) is 17.6. The smallest absolute Gasteiger partial charge is 0.371 e. The Balaban J connectivity index is 1.69. The third-order valence-corrected chi connectivity index (χ3v) is 8.81. The molecule has 4 atom stereocenters. The van der Waals surface area contributed by atoms with Crippen molar-refractivity contribution in [1.29, 1.82) is 0 Å². The molecule has 2 fully saturated rings. The molecule has 2 aliphatic carbocycles. The van der Waals surface area contributed by atoms with Crippen LogP contribution in [0.15, 0.2) is 6.33 Å². The van der Waals surface area contributed by atoms with Crippen molar-refractivity contribution in [2.24, 2.45) is 11.3 Å². The summed E-state index contributed by atoms with van der Waals surface area (Å²) in [5.41, 5.74) is 0.536. The lowest BCUT2D eigenvalue weighted by Gasteiger charge is -2.24. The summed E-state index contributed by atoms with van der Waals surface area (Å²) in [5.74, 6) is 13.1. The van der Waals surface area contributed by atoms with E-state index in [1.54, 1.807) is 13.4 Å². The second-order valence-electron chi connectivity index (χ2n) is 7.54. The summed E-state index contributed by atoms with van der Waals surface area (Å²) in [5, 5.41) is 3.02. The number of hydrogen-bond acceptors (Lipinski definition) is 12. The normalized spacial score (nSPS) is 27.2. The molecule has 0 amide bonds. The van der Waals surface area contributed by atoms with Crippen molar-refractivity contribution in [3.63, 3.8) is 0 Å². The first-order valence-corrected chi connectivity index (χ1v) is 13.5. The monoisotopic (exact) mass is 625 g/mol. The Morgan fingerprint density at radius 1 is 1.18 bits per heavy atom. The fraction of sp³-hybridized carbons (Fsp3) is 0.615. The van der Waals surface area contributed by atoms with Gasteiger partial charge >= 0.3 is 15.6 Å². The standard InChI is InChI=1S/C13H26IN9O8P2/c1-19-10-9-11(22-12(14)21-10)23(5-20-9)7-2-8(27-33(25,30-17)31-18)13(3-6(7)13)4-26-32(24,28-15)29-16/h5-8H,2-4H2,1,15-18H3,(H,19,21,22)/q+4/t6-,7+,8+,13+/m1/s1. The van der Waals surface area contributed by atoms with Gasteiger partial charge in [-0.05, 0) is 18.8 Å². The number of hydrogen-bond donors (Lipinski definition) is 5. The van der Waals surface area contributed by atoms with Crippen LogP contribution in [-0.2, 0) is 36.7 Å². The first kappa shape index (κ1) is 25.2. The second-order valence-corrected chi connectivity index (χ2v) is 11.8. The number of aromatic nitrogens is 4. The number of nitrogens with one attached hydrogen (secondary N) is 1. The van der Waals surface area contributed by atoms with E-state index in [-0.39, 0.29) is 18.6 Å². The van der Waals surface area contributed by atoms with Crippen LogP contribution in [0.5, 0.6) is 0 Å². The minimum absolute atomic E-state index is 0.0308. The molecule has 17 nitrogen and oxygen atoms in total. The van der Waals surface area contributed by atoms with Gasteiger partial charge in [-0.3, -0.25) is 9.05 Å². The number of phosphoric acid groups is 2. The van der Waals surface area contributed by atoms with Gasteiger partial charge in [0.05, 0.1) is 19.0 Å². The third-order valence-electron chi connectivity index (χ3n) is 6.11. The lowest BCUT2D eigenvalue weighted by atomic mass is 10.0. The van der Waals surface area contributed by atoms with Crippen LogP contribution in [0.4, 0.5) is 5.82 Å². The molecule has 20 heteroatoms. The van der Waals surface area contributed by atoms with Crippen LogP contribution in [0.3, 0.4) is 0 Å². The van der Waals surface area contributed by atoms with Crippen LogP contribution < -0.4 is 28.9 Å². The van der Waals surface area contributed by atoms with E-state index >= 15 is 0 Å². The molecule has 2 aliphatic rings. The molecule has 2 saturated carbocycles. The fourth-order valence-electron chi connectivity index (χ4n) is 4.44. The van der Waals surface area contributed by atoms with E-state index < -0.39 is 27.2 Å². The summed E-state index contributed by atoms with van der Waals surface area (Å²) in [7, 11) is -6.24. The average molecular weight is 625 g/mol. The lowest BCUT2D eigenvalue weighted by Crippen LogP contribution is -2.54. The Bertz CT molecular complexity index is 1120. The highest BCUT2D eigenvalue weighted by atomic mass is 127. The fourth-order valence-corrected chi connectivity index (χ4v) is 6.34. The SMILES string of the molecule is CNc1nc(I)nc2c1ncn2[C@H]1C[C@H](OP(=O)(O[NH3+])O[NH3+])[C@]2(COP(=O)(O[NH3+])O[NH3+])C[C@H]12. The number of anilines is 1. The highest BCUT2D eigenvalue weighted by Gasteiger charge is 2.70. The van der Waals surface area contributed by atoms with Gasteiger partial charge in [0.15, 0.2) is 20.8 Å². The summed E-state index contributed by atoms with van der Waals surface area (Å²) >= 11 is 2.03. The van der Waals surface area contributed by atoms with Crippen LogP contribution >= 0.6 is 38.2 Å². The Morgan fingerprint density at radius 3 is 2.45 bits per heavy atom. The molecule has 13 N–H and O–H groups in total. The molecule has 0 spiro atoms. The van der Waals surface area contributed by atoms with E-state index in [0.717, 1.165) is 0 Å². The highest BCUT2D eigenvalue weighted by molar-refractivity contribution is 14.1. The number of halogens is 1. The van der Waals surface area contributed by atoms with Crippen molar-refractivity contribution < 1.29 is 60.3 Å². The van der Waals surface area contributed by atoms with Gasteiger partial charge in [0.2, 0.25) is 0 Å². The highest BCUT2D eigenvalue weighted by Crippen LogP contribution is 2.72. The summed E-state index contributed by atoms with van der Waals surface area (Å²) in [6.07, 6.45) is 1.95. The number of quaternary nitrogens is 4. The molecule has 2 heterocycles. The maximum absolute atomic E-state index is 12.7. The summed E-state index contributed by atoms with van der Waals surface area (Å²) in [6, 6.07) is -0.164. The summed E-state index contributed by atoms with van der Waals surface area (Å²) < 4.78 is 57.1. The first-order valence-electron chi connectivity index (χ1n) is 9.54. The van der Waals surface area contributed by atoms with Gasteiger partial charge in [0.1, 0.15) is 0 Å². The minimum Gasteiger partial charge on any atom is -0.371 e. The zero-order valence-corrected chi connectivity index (χ0v) is 21.5. The maximum Gasteiger partial charge on any atom is 0.567 e. The molecule has 2 aromatic rings. The average Bonchev–Trinajstić information content (AvgIpc) is 3.30. The third kappa shape index (κ3) is 4.44. The Hall–Kier alpha value is -0.860. The van der Waals surface area contributed by atoms with Gasteiger partial charge in [0.25, 0.3) is 0 Å². The molecule has 33 heavy (non-hydrogen) atoms. The van der Waals surface area contributed by atoms with Crippen LogP contribution in [0.1, 0.15) is 18.9 Å². The van der Waals surface area contributed by atoms with Crippen molar-refractivity contribution in [3.05, 3.63) is 10.2 Å².